The molecule has 0 spiro atoms. The van der Waals surface area contributed by atoms with Crippen molar-refractivity contribution in [2.45, 2.75) is 25.8 Å². The summed E-state index contributed by atoms with van der Waals surface area (Å²) in [5.41, 5.74) is 0.194. The topological polar surface area (TPSA) is 86.7 Å². The third-order valence-corrected chi connectivity index (χ3v) is 5.95. The highest BCUT2D eigenvalue weighted by Gasteiger charge is 2.47. The van der Waals surface area contributed by atoms with Gasteiger partial charge in [-0.1, -0.05) is 29.3 Å². The molecule has 2 aliphatic rings. The molecule has 1 unspecified atom stereocenters. The third-order valence-electron chi connectivity index (χ3n) is 5.14. The molecule has 1 saturated carbocycles. The first-order chi connectivity index (χ1) is 12.3. The fourth-order valence-electron chi connectivity index (χ4n) is 3.56. The maximum Gasteiger partial charge on any atom is 0.308 e. The Morgan fingerprint density at radius 3 is 2.54 bits per heavy atom. The molecule has 3 atom stereocenters. The van der Waals surface area contributed by atoms with Gasteiger partial charge in [0, 0.05) is 13.1 Å². The van der Waals surface area contributed by atoms with E-state index in [4.69, 9.17) is 23.2 Å². The second-order valence-electron chi connectivity index (χ2n) is 6.99. The van der Waals surface area contributed by atoms with Crippen molar-refractivity contribution in [3.05, 3.63) is 33.8 Å². The third kappa shape index (κ3) is 3.81. The summed E-state index contributed by atoms with van der Waals surface area (Å²) in [7, 11) is 0. The van der Waals surface area contributed by atoms with Crippen molar-refractivity contribution < 1.29 is 19.5 Å². The highest BCUT2D eigenvalue weighted by Crippen LogP contribution is 2.44. The molecular weight excluding hydrogens is 379 g/mol. The van der Waals surface area contributed by atoms with E-state index in [2.05, 4.69) is 5.32 Å². The van der Waals surface area contributed by atoms with Gasteiger partial charge in [-0.2, -0.15) is 0 Å². The fourth-order valence-corrected chi connectivity index (χ4v) is 3.95. The first kappa shape index (κ1) is 19.0. The monoisotopic (exact) mass is 398 g/mol. The van der Waals surface area contributed by atoms with Gasteiger partial charge in [0.2, 0.25) is 5.91 Å². The second kappa shape index (κ2) is 7.45. The quantitative estimate of drug-likeness (QED) is 0.797. The van der Waals surface area contributed by atoms with Crippen LogP contribution in [0, 0.1) is 17.8 Å². The van der Waals surface area contributed by atoms with Gasteiger partial charge in [-0.25, -0.2) is 0 Å². The number of rotatable bonds is 5. The first-order valence-electron chi connectivity index (χ1n) is 8.56. The molecule has 1 aliphatic carbocycles. The average molecular weight is 399 g/mol. The molecule has 26 heavy (non-hydrogen) atoms. The van der Waals surface area contributed by atoms with Gasteiger partial charge >= 0.3 is 5.97 Å². The molecule has 1 aliphatic heterocycles. The predicted molar refractivity (Wildman–Crippen MR) is 97.3 cm³/mol. The van der Waals surface area contributed by atoms with Crippen molar-refractivity contribution in [2.75, 3.05) is 13.1 Å². The molecule has 1 aromatic carbocycles. The number of halogens is 2. The number of carboxylic acids is 1. The van der Waals surface area contributed by atoms with E-state index < -0.39 is 23.8 Å². The highest BCUT2D eigenvalue weighted by molar-refractivity contribution is 6.43. The van der Waals surface area contributed by atoms with Gasteiger partial charge < -0.3 is 15.3 Å². The minimum absolute atomic E-state index is 0.00160. The molecule has 1 aromatic rings. The van der Waals surface area contributed by atoms with Crippen LogP contribution >= 0.6 is 23.2 Å². The summed E-state index contributed by atoms with van der Waals surface area (Å²) in [6, 6.07) is 3.92. The van der Waals surface area contributed by atoms with E-state index in [0.717, 1.165) is 12.8 Å². The van der Waals surface area contributed by atoms with Crippen molar-refractivity contribution in [1.82, 2.24) is 10.2 Å². The van der Waals surface area contributed by atoms with Gasteiger partial charge in [-0.3, -0.25) is 14.4 Å². The van der Waals surface area contributed by atoms with Crippen LogP contribution in [0.4, 0.5) is 0 Å². The maximum absolute atomic E-state index is 12.7. The number of hydrogen-bond donors (Lipinski definition) is 2. The van der Waals surface area contributed by atoms with Crippen molar-refractivity contribution >= 4 is 41.0 Å². The lowest BCUT2D eigenvalue weighted by Crippen LogP contribution is -2.46. The lowest BCUT2D eigenvalue weighted by molar-refractivity contribution is -0.142. The number of carbonyl (C=O) groups excluding carboxylic acids is 2. The minimum atomic E-state index is -0.861. The molecule has 1 saturated heterocycles. The second-order valence-corrected chi connectivity index (χ2v) is 7.77. The van der Waals surface area contributed by atoms with Crippen LogP contribution in [-0.2, 0) is 9.59 Å². The van der Waals surface area contributed by atoms with Gasteiger partial charge in [-0.05, 0) is 43.7 Å². The highest BCUT2D eigenvalue weighted by atomic mass is 35.5. The SMILES string of the molecule is CC(NC(=O)c1cccc(Cl)c1Cl)C(=O)N1C[C@H](C(=O)O)[C@@H](C2CC2)C1. The Kier molecular flexibility index (Phi) is 5.44. The van der Waals surface area contributed by atoms with E-state index in [-0.39, 0.29) is 34.0 Å². The molecular formula is C18H20Cl2N2O4. The Hall–Kier alpha value is -1.79. The Balaban J connectivity index is 1.65. The molecule has 6 nitrogen and oxygen atoms in total. The van der Waals surface area contributed by atoms with Gasteiger partial charge in [-0.15, -0.1) is 0 Å². The first-order valence-corrected chi connectivity index (χ1v) is 9.31. The van der Waals surface area contributed by atoms with Crippen molar-refractivity contribution in [2.24, 2.45) is 17.8 Å². The van der Waals surface area contributed by atoms with E-state index in [1.54, 1.807) is 24.0 Å². The molecule has 1 heterocycles. The zero-order valence-electron chi connectivity index (χ0n) is 14.2. The standard InChI is InChI=1S/C18H20Cl2N2O4/c1-9(21-16(23)11-3-2-4-14(19)15(11)20)17(24)22-7-12(10-5-6-10)13(8-22)18(25)26/h2-4,9-10,12-13H,5-8H2,1H3,(H,21,23)(H,25,26)/t9?,12-,13+/m1/s1. The number of carbonyl (C=O) groups is 3. The molecule has 0 radical (unpaired) electrons. The van der Waals surface area contributed by atoms with Crippen LogP contribution < -0.4 is 5.32 Å². The van der Waals surface area contributed by atoms with E-state index in [1.165, 1.54) is 6.07 Å². The van der Waals surface area contributed by atoms with Crippen LogP contribution in [0.1, 0.15) is 30.1 Å². The van der Waals surface area contributed by atoms with Crippen LogP contribution in [0.15, 0.2) is 18.2 Å². The van der Waals surface area contributed by atoms with Gasteiger partial charge in [0.1, 0.15) is 6.04 Å². The smallest absolute Gasteiger partial charge is 0.308 e. The van der Waals surface area contributed by atoms with Crippen molar-refractivity contribution in [3.63, 3.8) is 0 Å². The zero-order chi connectivity index (χ0) is 19.0. The fraction of sp³-hybridized carbons (Fsp3) is 0.500. The summed E-state index contributed by atoms with van der Waals surface area (Å²) in [5, 5.41) is 12.4. The van der Waals surface area contributed by atoms with E-state index in [0.29, 0.717) is 12.5 Å². The summed E-state index contributed by atoms with van der Waals surface area (Å²) >= 11 is 12.0. The van der Waals surface area contributed by atoms with Gasteiger partial charge in [0.25, 0.3) is 5.91 Å². The molecule has 2 N–H and O–H groups in total. The van der Waals surface area contributed by atoms with E-state index >= 15 is 0 Å². The molecule has 2 fully saturated rings. The Labute approximate surface area is 161 Å². The number of amides is 2. The van der Waals surface area contributed by atoms with Gasteiger partial charge in [0.15, 0.2) is 0 Å². The number of hydrogen-bond acceptors (Lipinski definition) is 3. The molecule has 140 valence electrons. The Morgan fingerprint density at radius 2 is 1.92 bits per heavy atom. The van der Waals surface area contributed by atoms with Crippen molar-refractivity contribution in [3.8, 4) is 0 Å². The van der Waals surface area contributed by atoms with E-state index in [9.17, 15) is 19.5 Å². The lowest BCUT2D eigenvalue weighted by Gasteiger charge is -2.22. The molecule has 0 bridgehead atoms. The normalized spacial score (nSPS) is 23.6. The van der Waals surface area contributed by atoms with Crippen LogP contribution in [0.3, 0.4) is 0 Å². The summed E-state index contributed by atoms with van der Waals surface area (Å²) in [4.78, 5) is 38.1. The number of benzene rings is 1. The number of nitrogens with zero attached hydrogens (tertiary/aromatic N) is 1. The van der Waals surface area contributed by atoms with Crippen molar-refractivity contribution in [1.29, 1.82) is 0 Å². The summed E-state index contributed by atoms with van der Waals surface area (Å²) < 4.78 is 0. The maximum atomic E-state index is 12.7. The number of nitrogens with one attached hydrogen (secondary N) is 1. The lowest BCUT2D eigenvalue weighted by atomic mass is 9.92. The average Bonchev–Trinajstić information content (AvgIpc) is 3.34. The Morgan fingerprint density at radius 1 is 1.23 bits per heavy atom. The van der Waals surface area contributed by atoms with Crippen LogP contribution in [0.5, 0.6) is 0 Å². The van der Waals surface area contributed by atoms with Gasteiger partial charge in [0.05, 0.1) is 21.5 Å². The minimum Gasteiger partial charge on any atom is -0.481 e. The largest absolute Gasteiger partial charge is 0.481 e. The van der Waals surface area contributed by atoms with E-state index in [1.807, 2.05) is 0 Å². The molecule has 2 amide bonds. The molecule has 3 rings (SSSR count). The summed E-state index contributed by atoms with van der Waals surface area (Å²) in [6.45, 7) is 2.20. The summed E-state index contributed by atoms with van der Waals surface area (Å²) in [6.07, 6.45) is 2.05. The predicted octanol–water partition coefficient (Wildman–Crippen LogP) is 2.68. The molecule has 8 heteroatoms. The Bertz CT molecular complexity index is 751. The van der Waals surface area contributed by atoms with Crippen LogP contribution in [0.25, 0.3) is 0 Å². The number of likely N-dealkylation sites (tertiary alicyclic amines) is 1. The summed E-state index contributed by atoms with van der Waals surface area (Å²) in [5.74, 6) is -1.78. The van der Waals surface area contributed by atoms with Crippen LogP contribution in [0.2, 0.25) is 10.0 Å². The zero-order valence-corrected chi connectivity index (χ0v) is 15.8. The number of carboxylic acid groups (broad SMARTS) is 1. The number of aliphatic carboxylic acids is 1. The van der Waals surface area contributed by atoms with Crippen LogP contribution in [-0.4, -0.2) is 46.9 Å². The molecule has 0 aromatic heterocycles.